The predicted molar refractivity (Wildman–Crippen MR) is 67.2 cm³/mol. The van der Waals surface area contributed by atoms with Crippen molar-refractivity contribution < 1.29 is 4.79 Å². The van der Waals surface area contributed by atoms with Crippen LogP contribution in [0.3, 0.4) is 0 Å². The molecule has 4 heteroatoms. The van der Waals surface area contributed by atoms with E-state index in [1.807, 2.05) is 25.1 Å². The number of hydrogen-bond acceptors (Lipinski definition) is 2. The largest absolute Gasteiger partial charge is 0.342 e. The molecule has 1 amide bonds. The van der Waals surface area contributed by atoms with Crippen molar-refractivity contribution in [2.45, 2.75) is 6.92 Å². The van der Waals surface area contributed by atoms with E-state index in [2.05, 4.69) is 4.98 Å². The summed E-state index contributed by atoms with van der Waals surface area (Å²) in [6.45, 7) is 2.51. The number of aromatic amines is 1. The first-order valence-electron chi connectivity index (χ1n) is 5.51. The number of hydrogen-bond donors (Lipinski definition) is 1. The van der Waals surface area contributed by atoms with E-state index < -0.39 is 0 Å². The predicted octanol–water partition coefficient (Wildman–Crippen LogP) is 1.62. The maximum absolute atomic E-state index is 12.1. The third-order valence-electron chi connectivity index (χ3n) is 2.80. The van der Waals surface area contributed by atoms with Crippen LogP contribution in [-0.2, 0) is 0 Å². The molecule has 0 aliphatic rings. The van der Waals surface area contributed by atoms with Crippen molar-refractivity contribution in [2.75, 3.05) is 13.6 Å². The number of carbonyl (C=O) groups excluding carboxylic acids is 1. The lowest BCUT2D eigenvalue weighted by Crippen LogP contribution is -2.27. The molecule has 0 unspecified atom stereocenters. The van der Waals surface area contributed by atoms with Crippen molar-refractivity contribution in [1.29, 1.82) is 0 Å². The number of benzene rings is 1. The lowest BCUT2D eigenvalue weighted by atomic mass is 10.1. The number of amides is 1. The first-order valence-corrected chi connectivity index (χ1v) is 5.51. The highest BCUT2D eigenvalue weighted by Gasteiger charge is 2.14. The van der Waals surface area contributed by atoms with E-state index in [0.29, 0.717) is 17.6 Å². The summed E-state index contributed by atoms with van der Waals surface area (Å²) in [7, 11) is 1.72. The summed E-state index contributed by atoms with van der Waals surface area (Å²) in [6, 6.07) is 8.66. The summed E-state index contributed by atoms with van der Waals surface area (Å²) in [6.07, 6.45) is 0. The number of aromatic nitrogens is 1. The fraction of sp³-hybridized carbons (Fsp3) is 0.231. The summed E-state index contributed by atoms with van der Waals surface area (Å²) >= 11 is 0. The van der Waals surface area contributed by atoms with Gasteiger partial charge in [-0.3, -0.25) is 9.59 Å². The second-order valence-electron chi connectivity index (χ2n) is 3.91. The van der Waals surface area contributed by atoms with Gasteiger partial charge in [0.2, 0.25) is 5.56 Å². The Morgan fingerprint density at radius 3 is 2.76 bits per heavy atom. The summed E-state index contributed by atoms with van der Waals surface area (Å²) in [4.78, 5) is 27.9. The Labute approximate surface area is 98.9 Å². The Hall–Kier alpha value is -2.10. The highest BCUT2D eigenvalue weighted by atomic mass is 16.2. The van der Waals surface area contributed by atoms with E-state index in [9.17, 15) is 9.59 Å². The summed E-state index contributed by atoms with van der Waals surface area (Å²) in [5.41, 5.74) is 0.887. The molecule has 1 aromatic carbocycles. The normalized spacial score (nSPS) is 10.5. The molecule has 1 heterocycles. The van der Waals surface area contributed by atoms with Crippen LogP contribution >= 0.6 is 0 Å². The van der Waals surface area contributed by atoms with Crippen LogP contribution in [0.4, 0.5) is 0 Å². The number of pyridine rings is 1. The van der Waals surface area contributed by atoms with E-state index in [1.54, 1.807) is 18.0 Å². The topological polar surface area (TPSA) is 53.2 Å². The molecule has 0 bridgehead atoms. The number of rotatable bonds is 2. The zero-order valence-electron chi connectivity index (χ0n) is 9.86. The zero-order valence-corrected chi connectivity index (χ0v) is 9.86. The molecule has 1 N–H and O–H groups in total. The molecule has 0 aliphatic heterocycles. The summed E-state index contributed by atoms with van der Waals surface area (Å²) < 4.78 is 0. The van der Waals surface area contributed by atoms with Gasteiger partial charge in [0.15, 0.2) is 0 Å². The van der Waals surface area contributed by atoms with Crippen LogP contribution in [0.1, 0.15) is 17.3 Å². The highest BCUT2D eigenvalue weighted by molar-refractivity contribution is 6.05. The Bertz CT molecular complexity index is 616. The molecule has 0 saturated heterocycles. The van der Waals surface area contributed by atoms with Crippen LogP contribution in [0, 0.1) is 0 Å². The second kappa shape index (κ2) is 4.41. The van der Waals surface area contributed by atoms with E-state index in [1.165, 1.54) is 6.07 Å². The molecule has 1 aromatic heterocycles. The van der Waals surface area contributed by atoms with Crippen LogP contribution < -0.4 is 5.56 Å². The number of H-pyrrole nitrogens is 1. The van der Waals surface area contributed by atoms with Crippen molar-refractivity contribution in [3.05, 3.63) is 46.2 Å². The van der Waals surface area contributed by atoms with Gasteiger partial charge < -0.3 is 9.88 Å². The lowest BCUT2D eigenvalue weighted by Gasteiger charge is -2.15. The van der Waals surface area contributed by atoms with E-state index >= 15 is 0 Å². The third kappa shape index (κ3) is 2.06. The minimum atomic E-state index is -0.253. The maximum atomic E-state index is 12.1. The molecule has 17 heavy (non-hydrogen) atoms. The van der Waals surface area contributed by atoms with Crippen molar-refractivity contribution in [1.82, 2.24) is 9.88 Å². The SMILES string of the molecule is CCN(C)C(=O)c1cc(=O)[nH]c2ccccc12. The van der Waals surface area contributed by atoms with Crippen molar-refractivity contribution in [3.8, 4) is 0 Å². The van der Waals surface area contributed by atoms with Crippen LogP contribution in [0.2, 0.25) is 0 Å². The molecule has 4 nitrogen and oxygen atoms in total. The number of carbonyl (C=O) groups is 1. The molecule has 2 aromatic rings. The Balaban J connectivity index is 2.68. The fourth-order valence-electron chi connectivity index (χ4n) is 1.73. The zero-order chi connectivity index (χ0) is 12.4. The smallest absolute Gasteiger partial charge is 0.254 e. The van der Waals surface area contributed by atoms with Gasteiger partial charge in [-0.25, -0.2) is 0 Å². The molecule has 0 fully saturated rings. The van der Waals surface area contributed by atoms with Gasteiger partial charge in [-0.15, -0.1) is 0 Å². The van der Waals surface area contributed by atoms with Gasteiger partial charge in [-0.1, -0.05) is 18.2 Å². The molecule has 0 aliphatic carbocycles. The average molecular weight is 230 g/mol. The Kier molecular flexibility index (Phi) is 2.95. The van der Waals surface area contributed by atoms with Gasteiger partial charge in [-0.05, 0) is 13.0 Å². The summed E-state index contributed by atoms with van der Waals surface area (Å²) in [5, 5.41) is 0.775. The number of para-hydroxylation sites is 1. The number of nitrogens with one attached hydrogen (secondary N) is 1. The third-order valence-corrected chi connectivity index (χ3v) is 2.80. The molecule has 2 rings (SSSR count). The van der Waals surface area contributed by atoms with Gasteiger partial charge in [-0.2, -0.15) is 0 Å². The van der Waals surface area contributed by atoms with Crippen LogP contribution in [0.5, 0.6) is 0 Å². The van der Waals surface area contributed by atoms with Crippen molar-refractivity contribution >= 4 is 16.8 Å². The Morgan fingerprint density at radius 2 is 2.06 bits per heavy atom. The molecule has 88 valence electrons. The van der Waals surface area contributed by atoms with E-state index in [4.69, 9.17) is 0 Å². The minimum absolute atomic E-state index is 0.130. The fourth-order valence-corrected chi connectivity index (χ4v) is 1.73. The van der Waals surface area contributed by atoms with Gasteiger partial charge in [0.25, 0.3) is 5.91 Å². The van der Waals surface area contributed by atoms with Crippen LogP contribution in [0.25, 0.3) is 10.9 Å². The second-order valence-corrected chi connectivity index (χ2v) is 3.91. The molecule has 0 spiro atoms. The average Bonchev–Trinajstić information content (AvgIpc) is 2.35. The molecule has 0 radical (unpaired) electrons. The van der Waals surface area contributed by atoms with Gasteiger partial charge in [0.1, 0.15) is 0 Å². The molecular formula is C13H14N2O2. The minimum Gasteiger partial charge on any atom is -0.342 e. The monoisotopic (exact) mass is 230 g/mol. The molecular weight excluding hydrogens is 216 g/mol. The first kappa shape index (κ1) is 11.4. The van der Waals surface area contributed by atoms with Crippen molar-refractivity contribution in [3.63, 3.8) is 0 Å². The molecule has 0 atom stereocenters. The van der Waals surface area contributed by atoms with Gasteiger partial charge >= 0.3 is 0 Å². The first-order chi connectivity index (χ1) is 8.13. The standard InChI is InChI=1S/C13H14N2O2/c1-3-15(2)13(17)10-8-12(16)14-11-7-5-4-6-9(10)11/h4-8H,3H2,1-2H3,(H,14,16). The van der Waals surface area contributed by atoms with Crippen LogP contribution in [-0.4, -0.2) is 29.4 Å². The van der Waals surface area contributed by atoms with Crippen molar-refractivity contribution in [2.24, 2.45) is 0 Å². The Morgan fingerprint density at radius 1 is 1.35 bits per heavy atom. The highest BCUT2D eigenvalue weighted by Crippen LogP contribution is 2.15. The lowest BCUT2D eigenvalue weighted by molar-refractivity contribution is 0.0804. The van der Waals surface area contributed by atoms with Crippen LogP contribution in [0.15, 0.2) is 35.1 Å². The van der Waals surface area contributed by atoms with Gasteiger partial charge in [0.05, 0.1) is 5.56 Å². The maximum Gasteiger partial charge on any atom is 0.254 e. The molecule has 0 saturated carbocycles. The quantitative estimate of drug-likeness (QED) is 0.852. The van der Waals surface area contributed by atoms with Gasteiger partial charge in [0, 0.05) is 30.6 Å². The number of fused-ring (bicyclic) bond motifs is 1. The van der Waals surface area contributed by atoms with E-state index in [-0.39, 0.29) is 11.5 Å². The van der Waals surface area contributed by atoms with E-state index in [0.717, 1.165) is 5.39 Å². The number of nitrogens with zero attached hydrogens (tertiary/aromatic N) is 1. The summed E-state index contributed by atoms with van der Waals surface area (Å²) in [5.74, 6) is -0.130.